The van der Waals surface area contributed by atoms with E-state index in [-0.39, 0.29) is 5.82 Å². The zero-order valence-corrected chi connectivity index (χ0v) is 11.2. The average molecular weight is 279 g/mol. The second-order valence-corrected chi connectivity index (χ2v) is 5.19. The van der Waals surface area contributed by atoms with Crippen LogP contribution < -0.4 is 9.46 Å². The molecule has 0 aromatic heterocycles. The molecule has 0 bridgehead atoms. The molecule has 0 saturated carbocycles. The molecule has 5 heteroatoms. The lowest BCUT2D eigenvalue weighted by Crippen LogP contribution is -2.16. The van der Waals surface area contributed by atoms with Crippen molar-refractivity contribution in [3.05, 3.63) is 59.9 Å². The van der Waals surface area contributed by atoms with Crippen molar-refractivity contribution in [2.24, 2.45) is 0 Å². The number of halogens is 1. The lowest BCUT2D eigenvalue weighted by atomic mass is 10.2. The second kappa shape index (κ2) is 6.45. The highest BCUT2D eigenvalue weighted by molar-refractivity contribution is 7.83. The first-order chi connectivity index (χ1) is 9.19. The summed E-state index contributed by atoms with van der Waals surface area (Å²) in [5, 5.41) is 0. The van der Waals surface area contributed by atoms with Crippen LogP contribution in [0.15, 0.2) is 53.4 Å². The molecule has 19 heavy (non-hydrogen) atoms. The van der Waals surface area contributed by atoms with Crippen molar-refractivity contribution < 1.29 is 13.3 Å². The van der Waals surface area contributed by atoms with Crippen LogP contribution in [-0.2, 0) is 17.5 Å². The van der Waals surface area contributed by atoms with E-state index in [1.807, 2.05) is 24.3 Å². The maximum Gasteiger partial charge on any atom is 0.125 e. The molecule has 3 nitrogen and oxygen atoms in total. The quantitative estimate of drug-likeness (QED) is 0.913. The second-order valence-electron chi connectivity index (χ2n) is 3.89. The van der Waals surface area contributed by atoms with Crippen molar-refractivity contribution in [3.8, 4) is 5.75 Å². The average Bonchev–Trinajstić information content (AvgIpc) is 2.46. The number of methoxy groups -OCH3 is 1. The molecular formula is C14H14FNO2S. The van der Waals surface area contributed by atoms with E-state index in [9.17, 15) is 8.60 Å². The molecule has 0 saturated heterocycles. The van der Waals surface area contributed by atoms with Crippen LogP contribution in [0.25, 0.3) is 0 Å². The van der Waals surface area contributed by atoms with Crippen LogP contribution in [0.1, 0.15) is 5.56 Å². The Labute approximate surface area is 114 Å². The Hall–Kier alpha value is -1.72. The highest BCUT2D eigenvalue weighted by Gasteiger charge is 2.03. The van der Waals surface area contributed by atoms with Gasteiger partial charge in [-0.15, -0.1) is 0 Å². The summed E-state index contributed by atoms with van der Waals surface area (Å²) in [6.45, 7) is 0.466. The molecule has 0 aliphatic rings. The molecule has 0 fully saturated rings. The molecule has 1 unspecified atom stereocenters. The number of ether oxygens (including phenoxy) is 1. The molecular weight excluding hydrogens is 265 g/mol. The van der Waals surface area contributed by atoms with Gasteiger partial charge >= 0.3 is 0 Å². The van der Waals surface area contributed by atoms with E-state index in [4.69, 9.17) is 4.74 Å². The van der Waals surface area contributed by atoms with Crippen LogP contribution in [-0.4, -0.2) is 11.3 Å². The van der Waals surface area contributed by atoms with Crippen LogP contribution in [0, 0.1) is 5.82 Å². The number of rotatable bonds is 5. The highest BCUT2D eigenvalue weighted by atomic mass is 32.2. The van der Waals surface area contributed by atoms with Gasteiger partial charge in [0.1, 0.15) is 22.6 Å². The summed E-state index contributed by atoms with van der Waals surface area (Å²) in [6, 6.07) is 13.1. The van der Waals surface area contributed by atoms with Gasteiger partial charge in [0.2, 0.25) is 0 Å². The van der Waals surface area contributed by atoms with Gasteiger partial charge in [0, 0.05) is 6.54 Å². The normalized spacial score (nSPS) is 12.1. The van der Waals surface area contributed by atoms with Crippen molar-refractivity contribution in [1.29, 1.82) is 0 Å². The van der Waals surface area contributed by atoms with Crippen molar-refractivity contribution in [2.45, 2.75) is 11.4 Å². The number of nitrogens with one attached hydrogen (secondary N) is 1. The van der Waals surface area contributed by atoms with Crippen molar-refractivity contribution >= 4 is 11.0 Å². The van der Waals surface area contributed by atoms with Crippen molar-refractivity contribution in [3.63, 3.8) is 0 Å². The first-order valence-electron chi connectivity index (χ1n) is 5.73. The molecule has 0 amide bonds. The minimum atomic E-state index is -1.35. The van der Waals surface area contributed by atoms with Crippen LogP contribution in [0.2, 0.25) is 0 Å². The fourth-order valence-electron chi connectivity index (χ4n) is 1.53. The van der Waals surface area contributed by atoms with Gasteiger partial charge in [0.05, 0.1) is 12.0 Å². The summed E-state index contributed by atoms with van der Waals surface area (Å²) in [6.07, 6.45) is 0. The Kier molecular flexibility index (Phi) is 4.65. The maximum absolute atomic E-state index is 12.7. The first kappa shape index (κ1) is 13.7. The Balaban J connectivity index is 1.94. The molecule has 0 radical (unpaired) electrons. The molecule has 0 heterocycles. The summed E-state index contributed by atoms with van der Waals surface area (Å²) in [7, 11) is 0.261. The van der Waals surface area contributed by atoms with Crippen LogP contribution in [0.4, 0.5) is 4.39 Å². The fraction of sp³-hybridized carbons (Fsp3) is 0.143. The van der Waals surface area contributed by atoms with E-state index in [0.29, 0.717) is 11.4 Å². The van der Waals surface area contributed by atoms with Gasteiger partial charge in [-0.1, -0.05) is 12.1 Å². The zero-order valence-electron chi connectivity index (χ0n) is 10.4. The predicted octanol–water partition coefficient (Wildman–Crippen LogP) is 2.65. The van der Waals surface area contributed by atoms with Gasteiger partial charge in [0.15, 0.2) is 0 Å². The van der Waals surface area contributed by atoms with Gasteiger partial charge in [-0.05, 0) is 42.0 Å². The summed E-state index contributed by atoms with van der Waals surface area (Å²) in [5.41, 5.74) is 0.997. The Morgan fingerprint density at radius 2 is 1.74 bits per heavy atom. The van der Waals surface area contributed by atoms with E-state index in [1.165, 1.54) is 24.3 Å². The zero-order chi connectivity index (χ0) is 13.7. The summed E-state index contributed by atoms with van der Waals surface area (Å²) in [5.74, 6) is 0.444. The van der Waals surface area contributed by atoms with Crippen LogP contribution in [0.3, 0.4) is 0 Å². The molecule has 100 valence electrons. The molecule has 2 aromatic rings. The Morgan fingerprint density at radius 3 is 2.32 bits per heavy atom. The monoisotopic (exact) mass is 279 g/mol. The standard InChI is InChI=1S/C14H14FNO2S/c1-18-13-6-2-11(3-7-13)10-16-19(17)14-8-4-12(15)5-9-14/h2-9,16H,10H2,1H3. The van der Waals surface area contributed by atoms with E-state index in [1.54, 1.807) is 7.11 Å². The largest absolute Gasteiger partial charge is 0.497 e. The van der Waals surface area contributed by atoms with Gasteiger partial charge in [0.25, 0.3) is 0 Å². The molecule has 2 rings (SSSR count). The van der Waals surface area contributed by atoms with Crippen LogP contribution >= 0.6 is 0 Å². The molecule has 0 aliphatic heterocycles. The van der Waals surface area contributed by atoms with E-state index >= 15 is 0 Å². The fourth-order valence-corrected chi connectivity index (χ4v) is 2.38. The number of hydrogen-bond acceptors (Lipinski definition) is 2. The molecule has 0 spiro atoms. The smallest absolute Gasteiger partial charge is 0.125 e. The van der Waals surface area contributed by atoms with E-state index in [0.717, 1.165) is 11.3 Å². The maximum atomic E-state index is 12.7. The van der Waals surface area contributed by atoms with E-state index in [2.05, 4.69) is 4.72 Å². The molecule has 0 aliphatic carbocycles. The predicted molar refractivity (Wildman–Crippen MR) is 72.6 cm³/mol. The van der Waals surface area contributed by atoms with Gasteiger partial charge < -0.3 is 4.74 Å². The third-order valence-corrected chi connectivity index (χ3v) is 3.70. The minimum Gasteiger partial charge on any atom is -0.497 e. The molecule has 2 aromatic carbocycles. The van der Waals surface area contributed by atoms with Crippen molar-refractivity contribution in [2.75, 3.05) is 7.11 Å². The minimum absolute atomic E-state index is 0.337. The first-order valence-corrected chi connectivity index (χ1v) is 6.88. The third kappa shape index (κ3) is 3.87. The van der Waals surface area contributed by atoms with Gasteiger partial charge in [-0.2, -0.15) is 0 Å². The number of hydrogen-bond donors (Lipinski definition) is 1. The molecule has 1 atom stereocenters. The lowest BCUT2D eigenvalue weighted by Gasteiger charge is -2.06. The SMILES string of the molecule is COc1ccc(CNS(=O)c2ccc(F)cc2)cc1. The Morgan fingerprint density at radius 1 is 1.11 bits per heavy atom. The van der Waals surface area contributed by atoms with Crippen LogP contribution in [0.5, 0.6) is 5.75 Å². The van der Waals surface area contributed by atoms with Crippen molar-refractivity contribution in [1.82, 2.24) is 4.72 Å². The number of benzene rings is 2. The Bertz CT molecular complexity index is 555. The lowest BCUT2D eigenvalue weighted by molar-refractivity contribution is 0.414. The highest BCUT2D eigenvalue weighted by Crippen LogP contribution is 2.12. The van der Waals surface area contributed by atoms with Gasteiger partial charge in [-0.25, -0.2) is 13.3 Å². The summed E-state index contributed by atoms with van der Waals surface area (Å²) < 4.78 is 32.6. The summed E-state index contributed by atoms with van der Waals surface area (Å²) >= 11 is 0. The topological polar surface area (TPSA) is 38.3 Å². The van der Waals surface area contributed by atoms with E-state index < -0.39 is 11.0 Å². The van der Waals surface area contributed by atoms with Gasteiger partial charge in [-0.3, -0.25) is 0 Å². The molecule has 1 N–H and O–H groups in total. The third-order valence-electron chi connectivity index (χ3n) is 2.59. The summed E-state index contributed by atoms with van der Waals surface area (Å²) in [4.78, 5) is 0.551.